The fourth-order valence-corrected chi connectivity index (χ4v) is 2.87. The molecule has 0 aliphatic carbocycles. The second kappa shape index (κ2) is 8.02. The predicted octanol–water partition coefficient (Wildman–Crippen LogP) is 2.80. The minimum absolute atomic E-state index is 0.214. The Bertz CT molecular complexity index is 574. The standard InChI is InChI=1S/C15H17ClN2O2S/c16-14-7-6-13(21-14)10-18-15(20)17-9-12(19)8-11-4-2-1-3-5-11/h1-7,12,19H,8-10H2,(H2,17,18,20)/t12-/m1/s1. The van der Waals surface area contributed by atoms with Crippen molar-refractivity contribution in [3.63, 3.8) is 0 Å². The zero-order chi connectivity index (χ0) is 15.1. The van der Waals surface area contributed by atoms with E-state index in [1.807, 2.05) is 36.4 Å². The van der Waals surface area contributed by atoms with E-state index in [9.17, 15) is 9.90 Å². The number of aliphatic hydroxyl groups is 1. The second-order valence-electron chi connectivity index (χ2n) is 4.61. The van der Waals surface area contributed by atoms with Crippen LogP contribution in [0.5, 0.6) is 0 Å². The summed E-state index contributed by atoms with van der Waals surface area (Å²) >= 11 is 7.24. The smallest absolute Gasteiger partial charge is 0.315 e. The number of benzene rings is 1. The lowest BCUT2D eigenvalue weighted by Gasteiger charge is -2.12. The van der Waals surface area contributed by atoms with Crippen molar-refractivity contribution in [2.24, 2.45) is 0 Å². The van der Waals surface area contributed by atoms with Crippen LogP contribution in [0.4, 0.5) is 4.79 Å². The van der Waals surface area contributed by atoms with Crippen molar-refractivity contribution in [1.82, 2.24) is 10.6 Å². The van der Waals surface area contributed by atoms with E-state index in [1.54, 1.807) is 6.07 Å². The van der Waals surface area contributed by atoms with Crippen LogP contribution in [-0.4, -0.2) is 23.8 Å². The summed E-state index contributed by atoms with van der Waals surface area (Å²) in [5, 5.41) is 15.3. The molecule has 6 heteroatoms. The quantitative estimate of drug-likeness (QED) is 0.765. The molecule has 0 saturated heterocycles. The van der Waals surface area contributed by atoms with Crippen LogP contribution in [0.2, 0.25) is 4.34 Å². The second-order valence-corrected chi connectivity index (χ2v) is 6.41. The molecule has 0 radical (unpaired) electrons. The Morgan fingerprint density at radius 3 is 2.62 bits per heavy atom. The summed E-state index contributed by atoms with van der Waals surface area (Å²) in [4.78, 5) is 12.6. The topological polar surface area (TPSA) is 61.4 Å². The third-order valence-electron chi connectivity index (χ3n) is 2.86. The molecule has 0 saturated carbocycles. The highest BCUT2D eigenvalue weighted by molar-refractivity contribution is 7.16. The van der Waals surface area contributed by atoms with E-state index in [-0.39, 0.29) is 12.6 Å². The number of carbonyl (C=O) groups is 1. The number of urea groups is 1. The van der Waals surface area contributed by atoms with Gasteiger partial charge in [0.1, 0.15) is 0 Å². The molecule has 112 valence electrons. The normalized spacial score (nSPS) is 11.9. The highest BCUT2D eigenvalue weighted by atomic mass is 35.5. The summed E-state index contributed by atoms with van der Waals surface area (Å²) in [5.41, 5.74) is 1.04. The summed E-state index contributed by atoms with van der Waals surface area (Å²) in [6.07, 6.45) is -0.0869. The molecule has 1 aromatic heterocycles. The lowest BCUT2D eigenvalue weighted by molar-refractivity contribution is 0.170. The van der Waals surface area contributed by atoms with Crippen molar-refractivity contribution < 1.29 is 9.90 Å². The Hall–Kier alpha value is -1.56. The fourth-order valence-electron chi connectivity index (χ4n) is 1.85. The fraction of sp³-hybridized carbons (Fsp3) is 0.267. The van der Waals surface area contributed by atoms with Gasteiger partial charge in [-0.3, -0.25) is 0 Å². The Kier molecular flexibility index (Phi) is 6.04. The van der Waals surface area contributed by atoms with Crippen molar-refractivity contribution in [2.75, 3.05) is 6.54 Å². The predicted molar refractivity (Wildman–Crippen MR) is 85.7 cm³/mol. The van der Waals surface area contributed by atoms with Gasteiger partial charge < -0.3 is 15.7 Å². The molecule has 2 amide bonds. The number of halogens is 1. The van der Waals surface area contributed by atoms with Crippen molar-refractivity contribution in [3.8, 4) is 0 Å². The highest BCUT2D eigenvalue weighted by Gasteiger charge is 2.08. The molecule has 0 bridgehead atoms. The van der Waals surface area contributed by atoms with Gasteiger partial charge in [-0.15, -0.1) is 11.3 Å². The average Bonchev–Trinajstić information content (AvgIpc) is 2.90. The Labute approximate surface area is 132 Å². The van der Waals surface area contributed by atoms with Crippen molar-refractivity contribution in [3.05, 3.63) is 57.2 Å². The minimum Gasteiger partial charge on any atom is -0.391 e. The number of hydrogen-bond acceptors (Lipinski definition) is 3. The van der Waals surface area contributed by atoms with Crippen LogP contribution in [0.25, 0.3) is 0 Å². The van der Waals surface area contributed by atoms with Gasteiger partial charge in [-0.25, -0.2) is 4.79 Å². The highest BCUT2D eigenvalue weighted by Crippen LogP contribution is 2.20. The monoisotopic (exact) mass is 324 g/mol. The van der Waals surface area contributed by atoms with Crippen LogP contribution in [0, 0.1) is 0 Å². The van der Waals surface area contributed by atoms with E-state index in [4.69, 9.17) is 11.6 Å². The van der Waals surface area contributed by atoms with E-state index in [1.165, 1.54) is 11.3 Å². The number of rotatable bonds is 6. The van der Waals surface area contributed by atoms with Crippen LogP contribution >= 0.6 is 22.9 Å². The first-order valence-corrected chi connectivity index (χ1v) is 7.81. The molecule has 0 spiro atoms. The molecular weight excluding hydrogens is 308 g/mol. The zero-order valence-electron chi connectivity index (χ0n) is 11.4. The summed E-state index contributed by atoms with van der Waals surface area (Å²) in [5.74, 6) is 0. The van der Waals surface area contributed by atoms with E-state index in [0.717, 1.165) is 10.4 Å². The number of aliphatic hydroxyl groups excluding tert-OH is 1. The molecule has 0 aliphatic rings. The number of nitrogens with one attached hydrogen (secondary N) is 2. The molecule has 4 nitrogen and oxygen atoms in total. The van der Waals surface area contributed by atoms with Gasteiger partial charge in [-0.05, 0) is 17.7 Å². The van der Waals surface area contributed by atoms with Crippen LogP contribution in [0.15, 0.2) is 42.5 Å². The van der Waals surface area contributed by atoms with Crippen molar-refractivity contribution in [2.45, 2.75) is 19.1 Å². The number of amides is 2. The molecule has 3 N–H and O–H groups in total. The largest absolute Gasteiger partial charge is 0.391 e. The summed E-state index contributed by atoms with van der Waals surface area (Å²) in [6, 6.07) is 13.0. The van der Waals surface area contributed by atoms with E-state index in [2.05, 4.69) is 10.6 Å². The van der Waals surface area contributed by atoms with Gasteiger partial charge in [0.05, 0.1) is 17.0 Å². The van der Waals surface area contributed by atoms with Gasteiger partial charge >= 0.3 is 6.03 Å². The van der Waals surface area contributed by atoms with E-state index in [0.29, 0.717) is 17.3 Å². The SMILES string of the molecule is O=C(NCc1ccc(Cl)s1)NC[C@H](O)Cc1ccccc1. The maximum Gasteiger partial charge on any atom is 0.315 e. The summed E-state index contributed by atoms with van der Waals surface area (Å²) in [7, 11) is 0. The first-order valence-electron chi connectivity index (χ1n) is 6.61. The third-order valence-corrected chi connectivity index (χ3v) is 4.10. The molecule has 1 atom stereocenters. The number of carbonyl (C=O) groups excluding carboxylic acids is 1. The average molecular weight is 325 g/mol. The lowest BCUT2D eigenvalue weighted by Crippen LogP contribution is -2.39. The molecule has 1 heterocycles. The summed E-state index contributed by atoms with van der Waals surface area (Å²) < 4.78 is 0.700. The molecule has 1 aromatic carbocycles. The first-order chi connectivity index (χ1) is 10.1. The lowest BCUT2D eigenvalue weighted by atomic mass is 10.1. The molecule has 2 aromatic rings. The first kappa shape index (κ1) is 15.8. The Morgan fingerprint density at radius 1 is 1.19 bits per heavy atom. The number of hydrogen-bond donors (Lipinski definition) is 3. The van der Waals surface area contributed by atoms with Crippen LogP contribution in [0.3, 0.4) is 0 Å². The zero-order valence-corrected chi connectivity index (χ0v) is 13.0. The van der Waals surface area contributed by atoms with Crippen molar-refractivity contribution >= 4 is 29.0 Å². The minimum atomic E-state index is -0.602. The van der Waals surface area contributed by atoms with Crippen LogP contribution in [0.1, 0.15) is 10.4 Å². The van der Waals surface area contributed by atoms with Gasteiger partial charge in [0.25, 0.3) is 0 Å². The van der Waals surface area contributed by atoms with Crippen LogP contribution in [-0.2, 0) is 13.0 Å². The third kappa shape index (κ3) is 5.75. The molecule has 21 heavy (non-hydrogen) atoms. The van der Waals surface area contributed by atoms with E-state index < -0.39 is 6.10 Å². The van der Waals surface area contributed by atoms with Gasteiger partial charge in [0, 0.05) is 17.8 Å². The van der Waals surface area contributed by atoms with Gasteiger partial charge in [-0.1, -0.05) is 41.9 Å². The Balaban J connectivity index is 1.66. The van der Waals surface area contributed by atoms with Crippen LogP contribution < -0.4 is 10.6 Å². The molecule has 2 rings (SSSR count). The van der Waals surface area contributed by atoms with Crippen molar-refractivity contribution in [1.29, 1.82) is 0 Å². The van der Waals surface area contributed by atoms with Gasteiger partial charge in [-0.2, -0.15) is 0 Å². The Morgan fingerprint density at radius 2 is 1.95 bits per heavy atom. The molecular formula is C15H17ClN2O2S. The molecule has 0 aliphatic heterocycles. The maximum atomic E-state index is 11.6. The maximum absolute atomic E-state index is 11.6. The summed E-state index contributed by atoms with van der Waals surface area (Å²) in [6.45, 7) is 0.643. The van der Waals surface area contributed by atoms with E-state index >= 15 is 0 Å². The van der Waals surface area contributed by atoms with Gasteiger partial charge in [0.2, 0.25) is 0 Å². The number of thiophene rings is 1. The molecule has 0 fully saturated rings. The van der Waals surface area contributed by atoms with Gasteiger partial charge in [0.15, 0.2) is 0 Å². The molecule has 0 unspecified atom stereocenters.